The van der Waals surface area contributed by atoms with Crippen LogP contribution in [-0.2, 0) is 0 Å². The number of benzene rings is 1. The summed E-state index contributed by atoms with van der Waals surface area (Å²) in [5.41, 5.74) is 0.445. The average molecular weight is 203 g/mol. The second kappa shape index (κ2) is 3.53. The first-order valence-electron chi connectivity index (χ1n) is 4.39. The summed E-state index contributed by atoms with van der Waals surface area (Å²) in [6.07, 6.45) is 1.28. The SMILES string of the molecule is CC(=O)c1ncnn1-c1ccccc1O. The Labute approximate surface area is 86.0 Å². The van der Waals surface area contributed by atoms with Gasteiger partial charge in [0.25, 0.3) is 0 Å². The fourth-order valence-corrected chi connectivity index (χ4v) is 1.30. The fraction of sp³-hybridized carbons (Fsp3) is 0.100. The van der Waals surface area contributed by atoms with Crippen molar-refractivity contribution in [3.05, 3.63) is 36.4 Å². The first kappa shape index (κ1) is 9.39. The van der Waals surface area contributed by atoms with Gasteiger partial charge in [-0.15, -0.1) is 0 Å². The van der Waals surface area contributed by atoms with E-state index < -0.39 is 0 Å². The summed E-state index contributed by atoms with van der Waals surface area (Å²) >= 11 is 0. The smallest absolute Gasteiger partial charge is 0.199 e. The molecule has 0 unspecified atom stereocenters. The molecule has 0 aliphatic heterocycles. The average Bonchev–Trinajstić information content (AvgIpc) is 2.67. The molecule has 76 valence electrons. The van der Waals surface area contributed by atoms with Gasteiger partial charge in [0.05, 0.1) is 0 Å². The summed E-state index contributed by atoms with van der Waals surface area (Å²) in [4.78, 5) is 15.0. The van der Waals surface area contributed by atoms with Crippen molar-refractivity contribution in [1.29, 1.82) is 0 Å². The van der Waals surface area contributed by atoms with Crippen molar-refractivity contribution in [2.45, 2.75) is 6.92 Å². The molecule has 0 atom stereocenters. The molecule has 15 heavy (non-hydrogen) atoms. The largest absolute Gasteiger partial charge is 0.506 e. The summed E-state index contributed by atoms with van der Waals surface area (Å²) < 4.78 is 1.32. The molecule has 1 N–H and O–H groups in total. The second-order valence-corrected chi connectivity index (χ2v) is 3.04. The van der Waals surface area contributed by atoms with Gasteiger partial charge in [-0.25, -0.2) is 9.67 Å². The number of hydrogen-bond acceptors (Lipinski definition) is 4. The normalized spacial score (nSPS) is 10.2. The number of carbonyl (C=O) groups excluding carboxylic acids is 1. The van der Waals surface area contributed by atoms with Gasteiger partial charge in [-0.2, -0.15) is 5.10 Å². The maximum atomic E-state index is 11.2. The lowest BCUT2D eigenvalue weighted by Crippen LogP contribution is -2.07. The summed E-state index contributed by atoms with van der Waals surface area (Å²) in [6.45, 7) is 1.40. The van der Waals surface area contributed by atoms with Gasteiger partial charge in [0, 0.05) is 6.92 Å². The van der Waals surface area contributed by atoms with Gasteiger partial charge < -0.3 is 5.11 Å². The molecule has 0 saturated carbocycles. The Kier molecular flexibility index (Phi) is 2.21. The fourth-order valence-electron chi connectivity index (χ4n) is 1.30. The van der Waals surface area contributed by atoms with Crippen LogP contribution in [0.2, 0.25) is 0 Å². The third-order valence-electron chi connectivity index (χ3n) is 1.97. The molecule has 0 saturated heterocycles. The molecule has 1 heterocycles. The van der Waals surface area contributed by atoms with E-state index in [1.54, 1.807) is 18.2 Å². The minimum Gasteiger partial charge on any atom is -0.506 e. The van der Waals surface area contributed by atoms with E-state index in [1.165, 1.54) is 24.0 Å². The van der Waals surface area contributed by atoms with Crippen LogP contribution in [0.15, 0.2) is 30.6 Å². The van der Waals surface area contributed by atoms with Gasteiger partial charge in [-0.3, -0.25) is 4.79 Å². The van der Waals surface area contributed by atoms with Crippen molar-refractivity contribution >= 4 is 5.78 Å². The third-order valence-corrected chi connectivity index (χ3v) is 1.97. The number of aromatic hydroxyl groups is 1. The minimum atomic E-state index is -0.198. The van der Waals surface area contributed by atoms with Crippen LogP contribution in [0.25, 0.3) is 5.69 Å². The molecule has 5 nitrogen and oxygen atoms in total. The standard InChI is InChI=1S/C10H9N3O2/c1-7(14)10-11-6-12-13(10)8-4-2-3-5-9(8)15/h2-6,15H,1H3. The van der Waals surface area contributed by atoms with Crippen molar-refractivity contribution in [1.82, 2.24) is 14.8 Å². The topological polar surface area (TPSA) is 68.0 Å². The number of aromatic nitrogens is 3. The quantitative estimate of drug-likeness (QED) is 0.744. The maximum Gasteiger partial charge on any atom is 0.199 e. The molecule has 0 spiro atoms. The molecule has 1 aromatic heterocycles. The predicted molar refractivity (Wildman–Crippen MR) is 53.0 cm³/mol. The van der Waals surface area contributed by atoms with Gasteiger partial charge in [0.1, 0.15) is 17.8 Å². The number of phenolic OH excluding ortho intramolecular Hbond substituents is 1. The number of rotatable bonds is 2. The minimum absolute atomic E-state index is 0.0606. The predicted octanol–water partition coefficient (Wildman–Crippen LogP) is 1.18. The molecule has 0 aliphatic carbocycles. The number of carbonyl (C=O) groups is 1. The zero-order valence-corrected chi connectivity index (χ0v) is 8.08. The van der Waals surface area contributed by atoms with Crippen molar-refractivity contribution in [3.63, 3.8) is 0 Å². The monoisotopic (exact) mass is 203 g/mol. The molecule has 5 heteroatoms. The van der Waals surface area contributed by atoms with E-state index in [9.17, 15) is 9.90 Å². The zero-order chi connectivity index (χ0) is 10.8. The Bertz CT molecular complexity index is 505. The van der Waals surface area contributed by atoms with E-state index in [0.717, 1.165) is 0 Å². The van der Waals surface area contributed by atoms with Gasteiger partial charge in [0.2, 0.25) is 0 Å². The molecular formula is C10H9N3O2. The van der Waals surface area contributed by atoms with Crippen molar-refractivity contribution < 1.29 is 9.90 Å². The number of phenols is 1. The van der Waals surface area contributed by atoms with E-state index in [2.05, 4.69) is 10.1 Å². The summed E-state index contributed by atoms with van der Waals surface area (Å²) in [7, 11) is 0. The molecule has 2 aromatic rings. The zero-order valence-electron chi connectivity index (χ0n) is 8.08. The van der Waals surface area contributed by atoms with Crippen LogP contribution in [0.4, 0.5) is 0 Å². The second-order valence-electron chi connectivity index (χ2n) is 3.04. The van der Waals surface area contributed by atoms with Crippen LogP contribution < -0.4 is 0 Å². The van der Waals surface area contributed by atoms with E-state index in [1.807, 2.05) is 0 Å². The van der Waals surface area contributed by atoms with E-state index in [4.69, 9.17) is 0 Å². The lowest BCUT2D eigenvalue weighted by Gasteiger charge is -2.05. The van der Waals surface area contributed by atoms with Gasteiger partial charge in [-0.1, -0.05) is 12.1 Å². The van der Waals surface area contributed by atoms with Crippen LogP contribution in [-0.4, -0.2) is 25.7 Å². The summed E-state index contributed by atoms with van der Waals surface area (Å²) in [6, 6.07) is 6.64. The Morgan fingerprint density at radius 3 is 2.80 bits per heavy atom. The van der Waals surface area contributed by atoms with Crippen LogP contribution in [0, 0.1) is 0 Å². The Morgan fingerprint density at radius 2 is 2.13 bits per heavy atom. The first-order chi connectivity index (χ1) is 7.20. The van der Waals surface area contributed by atoms with E-state index >= 15 is 0 Å². The summed E-state index contributed by atoms with van der Waals surface area (Å²) in [5, 5.41) is 13.5. The Morgan fingerprint density at radius 1 is 1.40 bits per heavy atom. The molecule has 0 aliphatic rings. The molecule has 0 amide bonds. The molecule has 0 radical (unpaired) electrons. The maximum absolute atomic E-state index is 11.2. The number of para-hydroxylation sites is 2. The Hall–Kier alpha value is -2.17. The molecular weight excluding hydrogens is 194 g/mol. The van der Waals surface area contributed by atoms with Crippen LogP contribution in [0.3, 0.4) is 0 Å². The molecule has 0 bridgehead atoms. The van der Waals surface area contributed by atoms with Crippen LogP contribution in [0.1, 0.15) is 17.5 Å². The first-order valence-corrected chi connectivity index (χ1v) is 4.39. The molecule has 1 aromatic carbocycles. The Balaban J connectivity index is 2.59. The molecule has 0 fully saturated rings. The lowest BCUT2D eigenvalue weighted by atomic mass is 10.3. The van der Waals surface area contributed by atoms with Gasteiger partial charge >= 0.3 is 0 Å². The molecule has 2 rings (SSSR count). The van der Waals surface area contributed by atoms with Crippen molar-refractivity contribution in [3.8, 4) is 11.4 Å². The van der Waals surface area contributed by atoms with Crippen molar-refractivity contribution in [2.75, 3.05) is 0 Å². The third kappa shape index (κ3) is 1.59. The number of nitrogens with zero attached hydrogens (tertiary/aromatic N) is 3. The number of Topliss-reactive ketones (excluding diaryl/α,β-unsaturated/α-hetero) is 1. The summed E-state index contributed by atoms with van der Waals surface area (Å²) in [5.74, 6) is 0.0674. The van der Waals surface area contributed by atoms with Crippen LogP contribution >= 0.6 is 0 Å². The van der Waals surface area contributed by atoms with E-state index in [-0.39, 0.29) is 17.4 Å². The highest BCUT2D eigenvalue weighted by Gasteiger charge is 2.12. The number of ketones is 1. The van der Waals surface area contributed by atoms with Crippen molar-refractivity contribution in [2.24, 2.45) is 0 Å². The van der Waals surface area contributed by atoms with Crippen LogP contribution in [0.5, 0.6) is 5.75 Å². The highest BCUT2D eigenvalue weighted by Crippen LogP contribution is 2.20. The van der Waals surface area contributed by atoms with E-state index in [0.29, 0.717) is 5.69 Å². The van der Waals surface area contributed by atoms with Gasteiger partial charge in [0.15, 0.2) is 11.6 Å². The lowest BCUT2D eigenvalue weighted by molar-refractivity contribution is 0.100. The highest BCUT2D eigenvalue weighted by atomic mass is 16.3. The highest BCUT2D eigenvalue weighted by molar-refractivity contribution is 5.91. The number of hydrogen-bond donors (Lipinski definition) is 1. The van der Waals surface area contributed by atoms with Gasteiger partial charge in [-0.05, 0) is 12.1 Å².